The second kappa shape index (κ2) is 11.9. The number of ether oxygens (including phenoxy) is 3. The van der Waals surface area contributed by atoms with Crippen molar-refractivity contribution in [2.24, 2.45) is 0 Å². The highest BCUT2D eigenvalue weighted by atomic mass is 35.5. The molecule has 3 rings (SSSR count). The predicted molar refractivity (Wildman–Crippen MR) is 122 cm³/mol. The second-order valence-electron chi connectivity index (χ2n) is 7.59. The number of carbonyl (C=O) groups excluding carboxylic acids is 1. The first-order valence-corrected chi connectivity index (χ1v) is 11.0. The first kappa shape index (κ1) is 24.1. The molecule has 0 aliphatic carbocycles. The number of unbranched alkanes of at least 4 members (excludes halogenated alkanes) is 1. The number of nitrogens with two attached hydrogens (primary N) is 1. The number of nitrogen functional groups attached to an aromatic ring is 1. The van der Waals surface area contributed by atoms with Gasteiger partial charge in [-0.3, -0.25) is 9.69 Å². The monoisotopic (exact) mass is 465 g/mol. The van der Waals surface area contributed by atoms with Crippen molar-refractivity contribution >= 4 is 23.2 Å². The molecule has 1 heterocycles. The highest BCUT2D eigenvalue weighted by Crippen LogP contribution is 2.28. The summed E-state index contributed by atoms with van der Waals surface area (Å²) in [6.45, 7) is 4.09. The highest BCUT2D eigenvalue weighted by Gasteiger charge is 2.22. The predicted octanol–water partition coefficient (Wildman–Crippen LogP) is 3.36. The number of rotatable bonds is 10. The third-order valence-electron chi connectivity index (χ3n) is 5.23. The van der Waals surface area contributed by atoms with Crippen LogP contribution in [-0.4, -0.2) is 63.4 Å². The van der Waals surface area contributed by atoms with Crippen LogP contribution < -0.4 is 20.5 Å². The van der Waals surface area contributed by atoms with Gasteiger partial charge in [-0.15, -0.1) is 0 Å². The Morgan fingerprint density at radius 3 is 2.84 bits per heavy atom. The maximum atomic E-state index is 12.9. The SMILES string of the molecule is COc1cc(N)c(Cl)cc1C(=O)NCC1CN(CCCCOc2ccc(F)cc2)CCO1. The third kappa shape index (κ3) is 6.98. The molecule has 1 aliphatic rings. The van der Waals surface area contributed by atoms with Gasteiger partial charge in [0.25, 0.3) is 5.91 Å². The molecule has 0 radical (unpaired) electrons. The highest BCUT2D eigenvalue weighted by molar-refractivity contribution is 6.33. The molecule has 1 amide bonds. The molecule has 0 bridgehead atoms. The Hall–Kier alpha value is -2.55. The Balaban J connectivity index is 1.38. The van der Waals surface area contributed by atoms with E-state index in [9.17, 15) is 9.18 Å². The molecule has 0 aromatic heterocycles. The number of benzene rings is 2. The van der Waals surface area contributed by atoms with Gasteiger partial charge in [-0.2, -0.15) is 0 Å². The fraction of sp³-hybridized carbons (Fsp3) is 0.435. The quantitative estimate of drug-likeness (QED) is 0.413. The van der Waals surface area contributed by atoms with Gasteiger partial charge in [0, 0.05) is 25.7 Å². The van der Waals surface area contributed by atoms with Crippen molar-refractivity contribution in [2.45, 2.75) is 18.9 Å². The average molecular weight is 466 g/mol. The number of amides is 1. The van der Waals surface area contributed by atoms with Gasteiger partial charge in [0.1, 0.15) is 17.3 Å². The first-order chi connectivity index (χ1) is 15.5. The Kier molecular flexibility index (Phi) is 8.96. The van der Waals surface area contributed by atoms with E-state index in [0.29, 0.717) is 47.5 Å². The maximum absolute atomic E-state index is 12.9. The van der Waals surface area contributed by atoms with Crippen molar-refractivity contribution in [3.8, 4) is 11.5 Å². The molecule has 1 saturated heterocycles. The Morgan fingerprint density at radius 2 is 2.09 bits per heavy atom. The van der Waals surface area contributed by atoms with Crippen LogP contribution in [0.2, 0.25) is 5.02 Å². The Labute approximate surface area is 192 Å². The van der Waals surface area contributed by atoms with Gasteiger partial charge in [0.05, 0.1) is 42.7 Å². The second-order valence-corrected chi connectivity index (χ2v) is 7.99. The summed E-state index contributed by atoms with van der Waals surface area (Å²) >= 11 is 6.05. The molecule has 174 valence electrons. The van der Waals surface area contributed by atoms with Crippen LogP contribution in [0.25, 0.3) is 0 Å². The van der Waals surface area contributed by atoms with Crippen molar-refractivity contribution in [1.82, 2.24) is 10.2 Å². The van der Waals surface area contributed by atoms with Crippen molar-refractivity contribution < 1.29 is 23.4 Å². The summed E-state index contributed by atoms with van der Waals surface area (Å²) in [4.78, 5) is 14.9. The van der Waals surface area contributed by atoms with E-state index in [1.54, 1.807) is 12.1 Å². The number of halogens is 2. The lowest BCUT2D eigenvalue weighted by atomic mass is 10.1. The van der Waals surface area contributed by atoms with Gasteiger partial charge in [0.2, 0.25) is 0 Å². The molecule has 2 aromatic carbocycles. The van der Waals surface area contributed by atoms with Crippen molar-refractivity contribution in [1.29, 1.82) is 0 Å². The van der Waals surface area contributed by atoms with Crippen molar-refractivity contribution in [3.63, 3.8) is 0 Å². The smallest absolute Gasteiger partial charge is 0.255 e. The van der Waals surface area contributed by atoms with Crippen molar-refractivity contribution in [3.05, 3.63) is 52.8 Å². The van der Waals surface area contributed by atoms with Crippen molar-refractivity contribution in [2.75, 3.05) is 52.2 Å². The van der Waals surface area contributed by atoms with E-state index in [0.717, 1.165) is 32.5 Å². The summed E-state index contributed by atoms with van der Waals surface area (Å²) < 4.78 is 29.6. The van der Waals surface area contributed by atoms with Crippen LogP contribution in [0.1, 0.15) is 23.2 Å². The van der Waals surface area contributed by atoms with Gasteiger partial charge >= 0.3 is 0 Å². The number of nitrogens with zero attached hydrogens (tertiary/aromatic N) is 1. The topological polar surface area (TPSA) is 86.0 Å². The summed E-state index contributed by atoms with van der Waals surface area (Å²) in [5.41, 5.74) is 6.46. The zero-order chi connectivity index (χ0) is 22.9. The zero-order valence-corrected chi connectivity index (χ0v) is 18.9. The lowest BCUT2D eigenvalue weighted by Crippen LogP contribution is -2.47. The molecular formula is C23H29ClFN3O4. The van der Waals surface area contributed by atoms with Gasteiger partial charge < -0.3 is 25.3 Å². The van der Waals surface area contributed by atoms with E-state index in [1.165, 1.54) is 31.4 Å². The lowest BCUT2D eigenvalue weighted by molar-refractivity contribution is -0.0269. The number of anilines is 1. The maximum Gasteiger partial charge on any atom is 0.255 e. The van der Waals surface area contributed by atoms with E-state index >= 15 is 0 Å². The molecule has 9 heteroatoms. The van der Waals surface area contributed by atoms with Gasteiger partial charge in [-0.1, -0.05) is 11.6 Å². The molecule has 1 aliphatic heterocycles. The molecule has 1 unspecified atom stereocenters. The standard InChI is InChI=1S/C23H29ClFN3O4/c1-30-22-13-21(26)20(24)12-19(22)23(29)27-14-18-15-28(9-11-32-18)8-2-3-10-31-17-6-4-16(25)5-7-17/h4-7,12-13,18H,2-3,8-11,14-15,26H2,1H3,(H,27,29). The van der Waals surface area contributed by atoms with Crippen LogP contribution in [0.15, 0.2) is 36.4 Å². The Bertz CT molecular complexity index is 898. The van der Waals surface area contributed by atoms with E-state index in [4.69, 9.17) is 31.5 Å². The largest absolute Gasteiger partial charge is 0.496 e. The number of morpholine rings is 1. The van der Waals surface area contributed by atoms with Crippen LogP contribution in [0.5, 0.6) is 11.5 Å². The number of hydrogen-bond donors (Lipinski definition) is 2. The summed E-state index contributed by atoms with van der Waals surface area (Å²) in [6.07, 6.45) is 1.77. The minimum absolute atomic E-state index is 0.0987. The average Bonchev–Trinajstić information content (AvgIpc) is 2.80. The molecule has 3 N–H and O–H groups in total. The Morgan fingerprint density at radius 1 is 1.31 bits per heavy atom. The van der Waals surface area contributed by atoms with Crippen LogP contribution in [-0.2, 0) is 4.74 Å². The molecular weight excluding hydrogens is 437 g/mol. The fourth-order valence-corrected chi connectivity index (χ4v) is 3.65. The van der Waals surface area contributed by atoms with E-state index in [-0.39, 0.29) is 17.8 Å². The molecule has 0 saturated carbocycles. The van der Waals surface area contributed by atoms with Crippen LogP contribution in [0.4, 0.5) is 10.1 Å². The molecule has 32 heavy (non-hydrogen) atoms. The van der Waals surface area contributed by atoms with Crippen LogP contribution in [0.3, 0.4) is 0 Å². The zero-order valence-electron chi connectivity index (χ0n) is 18.1. The minimum Gasteiger partial charge on any atom is -0.496 e. The van der Waals surface area contributed by atoms with Gasteiger partial charge in [-0.25, -0.2) is 4.39 Å². The molecule has 1 fully saturated rings. The first-order valence-electron chi connectivity index (χ1n) is 10.6. The molecule has 2 aromatic rings. The van der Waals surface area contributed by atoms with Crippen LogP contribution >= 0.6 is 11.6 Å². The van der Waals surface area contributed by atoms with Crippen LogP contribution in [0, 0.1) is 5.82 Å². The van der Waals surface area contributed by atoms with Gasteiger partial charge in [-0.05, 0) is 49.7 Å². The van der Waals surface area contributed by atoms with E-state index in [1.807, 2.05) is 0 Å². The summed E-state index contributed by atoms with van der Waals surface area (Å²) in [7, 11) is 1.48. The summed E-state index contributed by atoms with van der Waals surface area (Å²) in [5, 5.41) is 3.20. The number of nitrogens with one attached hydrogen (secondary N) is 1. The third-order valence-corrected chi connectivity index (χ3v) is 5.55. The minimum atomic E-state index is -0.289. The normalized spacial score (nSPS) is 16.5. The summed E-state index contributed by atoms with van der Waals surface area (Å²) in [5.74, 6) is 0.486. The molecule has 7 nitrogen and oxygen atoms in total. The number of hydrogen-bond acceptors (Lipinski definition) is 6. The number of carbonyl (C=O) groups is 1. The lowest BCUT2D eigenvalue weighted by Gasteiger charge is -2.33. The summed E-state index contributed by atoms with van der Waals surface area (Å²) in [6, 6.07) is 9.08. The molecule has 1 atom stereocenters. The van der Waals surface area contributed by atoms with Gasteiger partial charge in [0.15, 0.2) is 0 Å². The molecule has 0 spiro atoms. The fourth-order valence-electron chi connectivity index (χ4n) is 3.48. The number of methoxy groups -OCH3 is 1. The van der Waals surface area contributed by atoms with E-state index < -0.39 is 0 Å². The van der Waals surface area contributed by atoms with E-state index in [2.05, 4.69) is 10.2 Å².